The summed E-state index contributed by atoms with van der Waals surface area (Å²) in [6.45, 7) is 4.00. The third-order valence-corrected chi connectivity index (χ3v) is 10.1. The molecule has 2 nitrogen and oxygen atoms in total. The molecule has 0 radical (unpaired) electrons. The van der Waals surface area contributed by atoms with Gasteiger partial charge in [-0.3, -0.25) is 0 Å². The van der Waals surface area contributed by atoms with Crippen LogP contribution >= 0.6 is 0 Å². The third kappa shape index (κ3) is 8.53. The Morgan fingerprint density at radius 2 is 0.649 bits per heavy atom. The number of fused-ring (bicyclic) bond motifs is 2. The van der Waals surface area contributed by atoms with Crippen LogP contribution in [-0.2, 0) is 21.1 Å². The molecule has 0 N–H and O–H groups in total. The van der Waals surface area contributed by atoms with Crippen LogP contribution in [0.2, 0.25) is 0 Å². The largest absolute Gasteiger partial charge is 2.00 e. The zero-order chi connectivity index (χ0) is 38.1. The van der Waals surface area contributed by atoms with Crippen molar-refractivity contribution >= 4 is 44.3 Å². The minimum atomic E-state index is 0. The summed E-state index contributed by atoms with van der Waals surface area (Å²) < 4.78 is 0. The van der Waals surface area contributed by atoms with E-state index in [1.807, 2.05) is 62.4 Å². The van der Waals surface area contributed by atoms with E-state index in [1.165, 1.54) is 49.4 Å². The molecule has 0 spiro atoms. The molecule has 0 fully saturated rings. The van der Waals surface area contributed by atoms with Crippen molar-refractivity contribution in [3.63, 3.8) is 0 Å². The Labute approximate surface area is 350 Å². The number of benzene rings is 9. The summed E-state index contributed by atoms with van der Waals surface area (Å²) in [5.74, 6) is 0. The molecule has 0 bridgehead atoms. The molecule has 9 rings (SSSR count). The van der Waals surface area contributed by atoms with Crippen LogP contribution in [0.3, 0.4) is 0 Å². The molecule has 0 amide bonds. The third-order valence-electron chi connectivity index (χ3n) is 10.1. The Morgan fingerprint density at radius 3 is 1.14 bits per heavy atom. The van der Waals surface area contributed by atoms with E-state index in [0.717, 1.165) is 39.4 Å². The van der Waals surface area contributed by atoms with Gasteiger partial charge >= 0.3 is 21.1 Å². The van der Waals surface area contributed by atoms with Crippen LogP contribution in [0.4, 0.5) is 22.7 Å². The first-order valence-corrected chi connectivity index (χ1v) is 19.2. The number of nitrogens with zero attached hydrogens (tertiary/aromatic N) is 2. The van der Waals surface area contributed by atoms with Crippen LogP contribution in [0.5, 0.6) is 0 Å². The first-order chi connectivity index (χ1) is 27.7. The van der Waals surface area contributed by atoms with Crippen molar-refractivity contribution in [2.75, 3.05) is 0 Å². The summed E-state index contributed by atoms with van der Waals surface area (Å²) in [5, 5.41) is 15.1. The van der Waals surface area contributed by atoms with E-state index in [2.05, 4.69) is 170 Å². The first kappa shape index (κ1) is 38.8. The van der Waals surface area contributed by atoms with E-state index in [-0.39, 0.29) is 21.1 Å². The number of rotatable bonds is 8. The fourth-order valence-corrected chi connectivity index (χ4v) is 7.27. The minimum absolute atomic E-state index is 0. The summed E-state index contributed by atoms with van der Waals surface area (Å²) in [7, 11) is 0. The van der Waals surface area contributed by atoms with Crippen LogP contribution in [0.15, 0.2) is 218 Å². The van der Waals surface area contributed by atoms with Gasteiger partial charge in [0.1, 0.15) is 0 Å². The predicted octanol–water partition coefficient (Wildman–Crippen LogP) is 16.9. The van der Waals surface area contributed by atoms with Crippen molar-refractivity contribution in [1.29, 1.82) is 0 Å². The summed E-state index contributed by atoms with van der Waals surface area (Å²) in [6.07, 6.45) is 4.00. The minimum Gasteiger partial charge on any atom is -0.659 e. The van der Waals surface area contributed by atoms with Crippen LogP contribution in [-0.4, -0.2) is 0 Å². The fourth-order valence-electron chi connectivity index (χ4n) is 7.27. The molecule has 0 aliphatic rings. The molecule has 3 heteroatoms. The van der Waals surface area contributed by atoms with Gasteiger partial charge in [-0.2, -0.15) is 11.4 Å². The molecule has 0 aromatic heterocycles. The molecule has 0 heterocycles. The number of hydrogen-bond donors (Lipinski definition) is 0. The normalized spacial score (nSPS) is 10.8. The summed E-state index contributed by atoms with van der Waals surface area (Å²) >= 11 is 0. The second-order valence-electron chi connectivity index (χ2n) is 13.6. The van der Waals surface area contributed by atoms with E-state index in [1.54, 1.807) is 0 Å². The molecule has 0 aliphatic carbocycles. The van der Waals surface area contributed by atoms with Gasteiger partial charge in [0.25, 0.3) is 0 Å². The second kappa shape index (κ2) is 18.4. The zero-order valence-electron chi connectivity index (χ0n) is 32.1. The van der Waals surface area contributed by atoms with Gasteiger partial charge in [-0.25, -0.2) is 0 Å². The van der Waals surface area contributed by atoms with Crippen molar-refractivity contribution in [3.8, 4) is 44.5 Å². The molecule has 57 heavy (non-hydrogen) atoms. The van der Waals surface area contributed by atoms with Crippen molar-refractivity contribution in [1.82, 2.24) is 0 Å². The van der Waals surface area contributed by atoms with E-state index < -0.39 is 0 Å². The predicted molar refractivity (Wildman–Crippen MR) is 242 cm³/mol. The quantitative estimate of drug-likeness (QED) is 0.107. The summed E-state index contributed by atoms with van der Waals surface area (Å²) in [4.78, 5) is 0. The maximum absolute atomic E-state index is 5.11. The maximum Gasteiger partial charge on any atom is 2.00 e. The Morgan fingerprint density at radius 1 is 0.298 bits per heavy atom. The standard InChI is InChI=1S/C50H34N2.C4H8.W/c1-3-15-35(16-4-1)36-27-29-38(30-28-36)49-42-20-7-9-22-44(42)50(45-23-10-8-21-43(45)49)39-31-33-40(34-32-39)51-47-25-13-14-26-48(47)52-46-24-12-11-19-41(46)37-17-5-2-6-18-37;1-3-4-2;/h1-34H;3-4H,1-2H3;/q-2;;+2/b;4-3-;. The molecule has 0 atom stereocenters. The van der Waals surface area contributed by atoms with Gasteiger partial charge < -0.3 is 10.6 Å². The van der Waals surface area contributed by atoms with Crippen molar-refractivity contribution < 1.29 is 21.1 Å². The van der Waals surface area contributed by atoms with Gasteiger partial charge in [0.05, 0.1) is 0 Å². The zero-order valence-corrected chi connectivity index (χ0v) is 35.0. The molecule has 0 saturated carbocycles. The van der Waals surface area contributed by atoms with Crippen LogP contribution in [0, 0.1) is 0 Å². The average molecular weight is 903 g/mol. The first-order valence-electron chi connectivity index (χ1n) is 19.2. The molecule has 9 aromatic rings. The SMILES string of the molecule is C/C=C\C.[W+2].c1ccc(-c2ccc(-c3c4ccccc4c(-c4ccc([N-]c5ccccc5[N-]c5ccccc5-c5ccccc5)cc4)c4ccccc34)cc2)cc1. The van der Waals surface area contributed by atoms with Gasteiger partial charge in [0, 0.05) is 0 Å². The summed E-state index contributed by atoms with van der Waals surface area (Å²) in [6, 6.07) is 72.5. The molecular formula is C54H42N2W. The van der Waals surface area contributed by atoms with E-state index >= 15 is 0 Å². The number of allylic oxidation sites excluding steroid dienone is 2. The summed E-state index contributed by atoms with van der Waals surface area (Å²) in [5.41, 5.74) is 13.0. The van der Waals surface area contributed by atoms with Gasteiger partial charge in [-0.1, -0.05) is 218 Å². The van der Waals surface area contributed by atoms with E-state index in [0.29, 0.717) is 0 Å². The van der Waals surface area contributed by atoms with Crippen molar-refractivity contribution in [2.45, 2.75) is 13.8 Å². The maximum atomic E-state index is 5.11. The topological polar surface area (TPSA) is 28.2 Å². The molecular weight excluding hydrogens is 860 g/mol. The Kier molecular flexibility index (Phi) is 12.5. The Bertz CT molecular complexity index is 2680. The van der Waals surface area contributed by atoms with Gasteiger partial charge in [0.2, 0.25) is 0 Å². The van der Waals surface area contributed by atoms with Crippen molar-refractivity contribution in [2.24, 2.45) is 0 Å². The van der Waals surface area contributed by atoms with Gasteiger partial charge in [-0.15, -0.1) is 11.4 Å². The molecule has 0 saturated heterocycles. The van der Waals surface area contributed by atoms with E-state index in [4.69, 9.17) is 10.6 Å². The smallest absolute Gasteiger partial charge is 0.659 e. The Balaban J connectivity index is 0.000000949. The monoisotopic (exact) mass is 902 g/mol. The number of para-hydroxylation sites is 3. The molecule has 0 unspecified atom stereocenters. The second-order valence-corrected chi connectivity index (χ2v) is 13.6. The average Bonchev–Trinajstić information content (AvgIpc) is 3.27. The molecule has 0 aliphatic heterocycles. The van der Waals surface area contributed by atoms with Crippen molar-refractivity contribution in [3.05, 3.63) is 229 Å². The fraction of sp³-hybridized carbons (Fsp3) is 0.0370. The van der Waals surface area contributed by atoms with Crippen LogP contribution in [0.1, 0.15) is 13.8 Å². The van der Waals surface area contributed by atoms with Gasteiger partial charge in [-0.05, 0) is 79.9 Å². The molecule has 9 aromatic carbocycles. The van der Waals surface area contributed by atoms with Crippen LogP contribution < -0.4 is 0 Å². The molecule has 274 valence electrons. The Hall–Kier alpha value is -6.47. The van der Waals surface area contributed by atoms with Gasteiger partial charge in [0.15, 0.2) is 0 Å². The number of hydrogen-bond acceptors (Lipinski definition) is 0. The van der Waals surface area contributed by atoms with Crippen LogP contribution in [0.25, 0.3) is 76.7 Å². The van der Waals surface area contributed by atoms with E-state index in [9.17, 15) is 0 Å².